The lowest BCUT2D eigenvalue weighted by Crippen LogP contribution is -2.31. The Morgan fingerprint density at radius 2 is 2.15 bits per heavy atom. The lowest BCUT2D eigenvalue weighted by Gasteiger charge is -2.24. The van der Waals surface area contributed by atoms with E-state index >= 15 is 0 Å². The summed E-state index contributed by atoms with van der Waals surface area (Å²) in [6.45, 7) is 7.84. The van der Waals surface area contributed by atoms with Gasteiger partial charge in [-0.2, -0.15) is 0 Å². The number of hydrogen-bond acceptors (Lipinski definition) is 2. The zero-order chi connectivity index (χ0) is 9.84. The van der Waals surface area contributed by atoms with Crippen molar-refractivity contribution in [2.24, 2.45) is 5.92 Å². The number of rotatable bonds is 4. The van der Waals surface area contributed by atoms with Crippen LogP contribution in [0.15, 0.2) is 0 Å². The highest BCUT2D eigenvalue weighted by atomic mass is 16.5. The lowest BCUT2D eigenvalue weighted by atomic mass is 10.0. The minimum absolute atomic E-state index is 0.366. The predicted molar refractivity (Wildman–Crippen MR) is 55.7 cm³/mol. The molecule has 0 spiro atoms. The Hall–Kier alpha value is -0.0800. The Bertz CT molecular complexity index is 149. The maximum absolute atomic E-state index is 5.96. The number of hydrogen-bond donors (Lipinski definition) is 0. The highest BCUT2D eigenvalue weighted by Crippen LogP contribution is 2.24. The molecule has 0 aromatic carbocycles. The molecule has 78 valence electrons. The largest absolute Gasteiger partial charge is 0.358 e. The van der Waals surface area contributed by atoms with E-state index in [-0.39, 0.29) is 0 Å². The van der Waals surface area contributed by atoms with Crippen LogP contribution in [0.3, 0.4) is 0 Å². The Morgan fingerprint density at radius 3 is 2.62 bits per heavy atom. The molecule has 1 aliphatic rings. The van der Waals surface area contributed by atoms with E-state index in [4.69, 9.17) is 4.74 Å². The van der Waals surface area contributed by atoms with Crippen LogP contribution in [-0.2, 0) is 4.74 Å². The van der Waals surface area contributed by atoms with Crippen LogP contribution in [0.4, 0.5) is 0 Å². The fourth-order valence-electron chi connectivity index (χ4n) is 2.16. The zero-order valence-corrected chi connectivity index (χ0v) is 9.42. The average molecular weight is 185 g/mol. The fraction of sp³-hybridized carbons (Fsp3) is 1.00. The number of nitrogens with zero attached hydrogens (tertiary/aromatic N) is 1. The van der Waals surface area contributed by atoms with Crippen molar-refractivity contribution in [2.45, 2.75) is 52.4 Å². The van der Waals surface area contributed by atoms with Crippen molar-refractivity contribution in [2.75, 3.05) is 13.6 Å². The highest BCUT2D eigenvalue weighted by Gasteiger charge is 2.32. The summed E-state index contributed by atoms with van der Waals surface area (Å²) in [5.41, 5.74) is 0. The van der Waals surface area contributed by atoms with Crippen LogP contribution in [0, 0.1) is 5.92 Å². The van der Waals surface area contributed by atoms with E-state index < -0.39 is 0 Å². The first-order chi connectivity index (χ1) is 6.19. The molecular weight excluding hydrogens is 162 g/mol. The topological polar surface area (TPSA) is 12.5 Å². The van der Waals surface area contributed by atoms with Crippen molar-refractivity contribution >= 4 is 0 Å². The average Bonchev–Trinajstić information content (AvgIpc) is 2.47. The van der Waals surface area contributed by atoms with E-state index in [1.54, 1.807) is 0 Å². The van der Waals surface area contributed by atoms with Crippen LogP contribution in [0.1, 0.15) is 40.0 Å². The standard InChI is InChI=1S/C11H23NO/c1-5-7-9(3)11-12(4)8-10(6-2)13-11/h9-11H,5-8H2,1-4H3. The molecule has 1 fully saturated rings. The van der Waals surface area contributed by atoms with Crippen LogP contribution in [-0.4, -0.2) is 30.8 Å². The van der Waals surface area contributed by atoms with E-state index in [0.29, 0.717) is 18.2 Å². The third kappa shape index (κ3) is 2.68. The summed E-state index contributed by atoms with van der Waals surface area (Å²) in [6.07, 6.45) is 4.50. The normalized spacial score (nSPS) is 32.3. The number of ether oxygens (including phenoxy) is 1. The van der Waals surface area contributed by atoms with Crippen molar-refractivity contribution in [3.8, 4) is 0 Å². The monoisotopic (exact) mass is 185 g/mol. The second-order valence-electron chi connectivity index (χ2n) is 4.26. The summed E-state index contributed by atoms with van der Waals surface area (Å²) in [5, 5.41) is 0. The Morgan fingerprint density at radius 1 is 1.46 bits per heavy atom. The summed E-state index contributed by atoms with van der Waals surface area (Å²) < 4.78 is 5.96. The van der Waals surface area contributed by atoms with Crippen molar-refractivity contribution in [3.05, 3.63) is 0 Å². The minimum atomic E-state index is 0.366. The summed E-state index contributed by atoms with van der Waals surface area (Å²) >= 11 is 0. The van der Waals surface area contributed by atoms with Crippen LogP contribution in [0.25, 0.3) is 0 Å². The quantitative estimate of drug-likeness (QED) is 0.667. The van der Waals surface area contributed by atoms with Crippen molar-refractivity contribution in [1.29, 1.82) is 0 Å². The second kappa shape index (κ2) is 4.97. The van der Waals surface area contributed by atoms with Crippen molar-refractivity contribution in [3.63, 3.8) is 0 Å². The maximum atomic E-state index is 5.96. The van der Waals surface area contributed by atoms with Gasteiger partial charge in [0.15, 0.2) is 0 Å². The minimum Gasteiger partial charge on any atom is -0.358 e. The van der Waals surface area contributed by atoms with Gasteiger partial charge in [-0.25, -0.2) is 0 Å². The van der Waals surface area contributed by atoms with E-state index in [2.05, 4.69) is 32.7 Å². The predicted octanol–water partition coefficient (Wildman–Crippen LogP) is 2.49. The number of likely N-dealkylation sites (N-methyl/N-ethyl adjacent to an activating group) is 1. The van der Waals surface area contributed by atoms with Crippen molar-refractivity contribution in [1.82, 2.24) is 4.90 Å². The second-order valence-corrected chi connectivity index (χ2v) is 4.26. The van der Waals surface area contributed by atoms with Gasteiger partial charge in [0.25, 0.3) is 0 Å². The van der Waals surface area contributed by atoms with Gasteiger partial charge in [0.2, 0.25) is 0 Å². The van der Waals surface area contributed by atoms with E-state index in [0.717, 1.165) is 13.0 Å². The van der Waals surface area contributed by atoms with E-state index in [1.165, 1.54) is 12.8 Å². The molecule has 0 N–H and O–H groups in total. The first-order valence-electron chi connectivity index (χ1n) is 5.54. The molecule has 1 saturated heterocycles. The van der Waals surface area contributed by atoms with E-state index in [1.807, 2.05) is 0 Å². The highest BCUT2D eigenvalue weighted by molar-refractivity contribution is 4.77. The van der Waals surface area contributed by atoms with Gasteiger partial charge in [0, 0.05) is 6.54 Å². The van der Waals surface area contributed by atoms with Gasteiger partial charge in [0.05, 0.1) is 6.10 Å². The molecule has 1 aliphatic heterocycles. The molecule has 0 aliphatic carbocycles. The molecule has 0 amide bonds. The smallest absolute Gasteiger partial charge is 0.113 e. The third-order valence-corrected chi connectivity index (χ3v) is 2.94. The summed E-state index contributed by atoms with van der Waals surface area (Å²) in [4.78, 5) is 2.36. The molecule has 0 saturated carbocycles. The van der Waals surface area contributed by atoms with Crippen LogP contribution >= 0.6 is 0 Å². The maximum Gasteiger partial charge on any atom is 0.113 e. The molecule has 0 radical (unpaired) electrons. The lowest BCUT2D eigenvalue weighted by molar-refractivity contribution is -0.0303. The summed E-state index contributed by atoms with van der Waals surface area (Å²) in [6, 6.07) is 0. The van der Waals surface area contributed by atoms with Gasteiger partial charge in [0.1, 0.15) is 6.23 Å². The van der Waals surface area contributed by atoms with Gasteiger partial charge in [-0.1, -0.05) is 27.2 Å². The molecule has 0 bridgehead atoms. The molecule has 13 heavy (non-hydrogen) atoms. The molecule has 1 heterocycles. The molecule has 0 aromatic heterocycles. The van der Waals surface area contributed by atoms with Gasteiger partial charge < -0.3 is 4.74 Å². The van der Waals surface area contributed by atoms with Crippen LogP contribution in [0.5, 0.6) is 0 Å². The molecule has 2 nitrogen and oxygen atoms in total. The Balaban J connectivity index is 2.41. The van der Waals surface area contributed by atoms with Gasteiger partial charge in [-0.3, -0.25) is 4.90 Å². The third-order valence-electron chi connectivity index (χ3n) is 2.94. The Labute approximate surface area is 82.3 Å². The molecule has 1 rings (SSSR count). The molecule has 3 atom stereocenters. The summed E-state index contributed by atoms with van der Waals surface area (Å²) in [5.74, 6) is 0.673. The van der Waals surface area contributed by atoms with Crippen LogP contribution in [0.2, 0.25) is 0 Å². The SMILES string of the molecule is CCCC(C)C1OC(CC)CN1C. The van der Waals surface area contributed by atoms with E-state index in [9.17, 15) is 0 Å². The molecule has 3 unspecified atom stereocenters. The fourth-order valence-corrected chi connectivity index (χ4v) is 2.16. The molecular formula is C11H23NO. The first-order valence-corrected chi connectivity index (χ1v) is 5.54. The van der Waals surface area contributed by atoms with Gasteiger partial charge in [-0.05, 0) is 25.8 Å². The molecule has 0 aromatic rings. The Kier molecular flexibility index (Phi) is 4.20. The first kappa shape index (κ1) is 11.0. The van der Waals surface area contributed by atoms with Crippen LogP contribution < -0.4 is 0 Å². The van der Waals surface area contributed by atoms with Gasteiger partial charge >= 0.3 is 0 Å². The van der Waals surface area contributed by atoms with Gasteiger partial charge in [-0.15, -0.1) is 0 Å². The van der Waals surface area contributed by atoms with Crippen molar-refractivity contribution < 1.29 is 4.74 Å². The zero-order valence-electron chi connectivity index (χ0n) is 9.42. The molecule has 2 heteroatoms. The summed E-state index contributed by atoms with van der Waals surface area (Å²) in [7, 11) is 2.17.